The van der Waals surface area contributed by atoms with Gasteiger partial charge >= 0.3 is 19.8 Å². The van der Waals surface area contributed by atoms with Gasteiger partial charge in [-0.05, 0) is 44.9 Å². The number of rotatable bonds is 37. The summed E-state index contributed by atoms with van der Waals surface area (Å²) in [7, 11) is -4.61. The maximum atomic E-state index is 12.5. The highest BCUT2D eigenvalue weighted by molar-refractivity contribution is 7.47. The number of aliphatic hydroxyl groups excluding tert-OH is 2. The molecule has 10 nitrogen and oxygen atoms in total. The zero-order chi connectivity index (χ0) is 37.0. The summed E-state index contributed by atoms with van der Waals surface area (Å²) in [5.41, 5.74) is 0. The third-order valence-corrected chi connectivity index (χ3v) is 9.31. The molecule has 0 fully saturated rings. The fourth-order valence-electron chi connectivity index (χ4n) is 5.26. The highest BCUT2D eigenvalue weighted by Gasteiger charge is 2.27. The van der Waals surface area contributed by atoms with Gasteiger partial charge in [0, 0.05) is 12.8 Å². The van der Waals surface area contributed by atoms with E-state index in [1.807, 2.05) is 0 Å². The van der Waals surface area contributed by atoms with Crippen LogP contribution in [0.3, 0.4) is 0 Å². The molecule has 0 aliphatic heterocycles. The molecular weight excluding hydrogens is 659 g/mol. The van der Waals surface area contributed by atoms with E-state index in [4.69, 9.17) is 19.1 Å². The van der Waals surface area contributed by atoms with E-state index in [1.165, 1.54) is 89.9 Å². The highest BCUT2D eigenvalue weighted by Crippen LogP contribution is 2.43. The summed E-state index contributed by atoms with van der Waals surface area (Å²) in [5, 5.41) is 18.3. The average molecular weight is 733 g/mol. The van der Waals surface area contributed by atoms with Gasteiger partial charge in [0.15, 0.2) is 6.10 Å². The summed E-state index contributed by atoms with van der Waals surface area (Å²) in [6.07, 6.45) is 32.9. The van der Waals surface area contributed by atoms with Gasteiger partial charge in [-0.2, -0.15) is 0 Å². The fourth-order valence-corrected chi connectivity index (χ4v) is 6.05. The molecule has 0 aromatic rings. The number of unbranched alkanes of at least 4 members (excludes halogenated alkanes) is 19. The Morgan fingerprint density at radius 2 is 1.04 bits per heavy atom. The van der Waals surface area contributed by atoms with Crippen molar-refractivity contribution in [2.45, 2.75) is 187 Å². The van der Waals surface area contributed by atoms with Crippen LogP contribution in [0.25, 0.3) is 0 Å². The standard InChI is InChI=1S/C39H73O10P/c1-3-5-7-9-11-13-15-17-18-19-21-22-24-26-28-30-38(42)46-34-37(35-48-50(44,45)47-33-36(41)32-40)49-39(43)31-29-27-25-23-20-16-14-12-10-8-6-4-2/h17-18,21-22,36-37,40-41H,3-16,19-20,23-35H2,1-2H3,(H,44,45)/b18-17+,22-21+/t36-,37+/m0/s1. The summed E-state index contributed by atoms with van der Waals surface area (Å²) in [6.45, 7) is 2.33. The van der Waals surface area contributed by atoms with E-state index in [0.29, 0.717) is 12.8 Å². The second-order valence-electron chi connectivity index (χ2n) is 13.3. The molecule has 294 valence electrons. The van der Waals surface area contributed by atoms with Gasteiger partial charge in [-0.25, -0.2) is 4.57 Å². The van der Waals surface area contributed by atoms with Gasteiger partial charge in [-0.1, -0.05) is 141 Å². The number of ether oxygens (including phenoxy) is 2. The number of hydrogen-bond acceptors (Lipinski definition) is 9. The number of hydrogen-bond donors (Lipinski definition) is 3. The quantitative estimate of drug-likeness (QED) is 0.0244. The molecule has 3 N–H and O–H groups in total. The SMILES string of the molecule is CCCCCCCC/C=C/C/C=C/CCCCC(=O)OC[C@H](COP(=O)(O)OC[C@@H](O)CO)OC(=O)CCCCCCCCCCCCCC. The Labute approximate surface area is 304 Å². The van der Waals surface area contributed by atoms with Crippen LogP contribution in [0.15, 0.2) is 24.3 Å². The number of phosphoric acid groups is 1. The topological polar surface area (TPSA) is 149 Å². The van der Waals surface area contributed by atoms with Crippen molar-refractivity contribution in [3.8, 4) is 0 Å². The second kappa shape index (κ2) is 35.8. The molecule has 11 heteroatoms. The number of esters is 2. The Kier molecular flexibility index (Phi) is 34.7. The monoisotopic (exact) mass is 732 g/mol. The Bertz CT molecular complexity index is 894. The Morgan fingerprint density at radius 1 is 0.600 bits per heavy atom. The molecule has 0 heterocycles. The van der Waals surface area contributed by atoms with E-state index in [1.54, 1.807) is 0 Å². The highest BCUT2D eigenvalue weighted by atomic mass is 31.2. The minimum atomic E-state index is -4.61. The third kappa shape index (κ3) is 34.9. The second-order valence-corrected chi connectivity index (χ2v) is 14.8. The number of allylic oxidation sites excluding steroid dienone is 4. The zero-order valence-electron chi connectivity index (χ0n) is 31.6. The first kappa shape index (κ1) is 48.5. The minimum Gasteiger partial charge on any atom is -0.462 e. The van der Waals surface area contributed by atoms with Crippen molar-refractivity contribution in [3.05, 3.63) is 24.3 Å². The molecule has 0 saturated carbocycles. The van der Waals surface area contributed by atoms with Crippen molar-refractivity contribution in [2.75, 3.05) is 26.4 Å². The van der Waals surface area contributed by atoms with Crippen molar-refractivity contribution in [1.29, 1.82) is 0 Å². The molecule has 3 atom stereocenters. The summed E-state index contributed by atoms with van der Waals surface area (Å²) in [4.78, 5) is 34.8. The van der Waals surface area contributed by atoms with Crippen molar-refractivity contribution in [1.82, 2.24) is 0 Å². The molecule has 0 amide bonds. The van der Waals surface area contributed by atoms with Gasteiger partial charge in [-0.15, -0.1) is 0 Å². The van der Waals surface area contributed by atoms with E-state index in [0.717, 1.165) is 44.9 Å². The number of phosphoric ester groups is 1. The lowest BCUT2D eigenvalue weighted by atomic mass is 10.0. The number of carbonyl (C=O) groups is 2. The molecule has 0 aliphatic rings. The van der Waals surface area contributed by atoms with Crippen molar-refractivity contribution in [2.24, 2.45) is 0 Å². The molecule has 1 unspecified atom stereocenters. The summed E-state index contributed by atoms with van der Waals surface area (Å²) in [5.74, 6) is -0.960. The lowest BCUT2D eigenvalue weighted by molar-refractivity contribution is -0.161. The predicted octanol–water partition coefficient (Wildman–Crippen LogP) is 9.83. The van der Waals surface area contributed by atoms with Crippen LogP contribution < -0.4 is 0 Å². The van der Waals surface area contributed by atoms with Crippen LogP contribution in [0.5, 0.6) is 0 Å². The van der Waals surface area contributed by atoms with Gasteiger partial charge in [-0.3, -0.25) is 18.6 Å². The van der Waals surface area contributed by atoms with E-state index < -0.39 is 51.8 Å². The van der Waals surface area contributed by atoms with E-state index in [9.17, 15) is 24.2 Å². The number of aliphatic hydroxyl groups is 2. The van der Waals surface area contributed by atoms with Crippen LogP contribution >= 0.6 is 7.82 Å². The van der Waals surface area contributed by atoms with Gasteiger partial charge in [0.25, 0.3) is 0 Å². The van der Waals surface area contributed by atoms with Gasteiger partial charge in [0.05, 0.1) is 19.8 Å². The van der Waals surface area contributed by atoms with E-state index in [2.05, 4.69) is 42.7 Å². The third-order valence-electron chi connectivity index (χ3n) is 8.36. The smallest absolute Gasteiger partial charge is 0.462 e. The summed E-state index contributed by atoms with van der Waals surface area (Å²) >= 11 is 0. The van der Waals surface area contributed by atoms with Crippen molar-refractivity contribution >= 4 is 19.8 Å². The summed E-state index contributed by atoms with van der Waals surface area (Å²) < 4.78 is 32.6. The normalized spacial score (nSPS) is 14.3. The molecule has 0 saturated heterocycles. The molecule has 0 rings (SSSR count). The maximum absolute atomic E-state index is 12.5. The van der Waals surface area contributed by atoms with Crippen LogP contribution in [0.4, 0.5) is 0 Å². The Balaban J connectivity index is 4.39. The molecule has 0 aliphatic carbocycles. The Hall–Kier alpha value is -1.55. The predicted molar refractivity (Wildman–Crippen MR) is 201 cm³/mol. The first-order valence-electron chi connectivity index (χ1n) is 19.8. The van der Waals surface area contributed by atoms with Gasteiger partial charge in [0.2, 0.25) is 0 Å². The van der Waals surface area contributed by atoms with Crippen LogP contribution in [0.2, 0.25) is 0 Å². The van der Waals surface area contributed by atoms with Crippen LogP contribution in [0, 0.1) is 0 Å². The molecule has 0 bridgehead atoms. The van der Waals surface area contributed by atoms with Crippen molar-refractivity contribution < 1.29 is 47.8 Å². The molecule has 0 spiro atoms. The minimum absolute atomic E-state index is 0.181. The molecule has 0 aromatic carbocycles. The first-order valence-corrected chi connectivity index (χ1v) is 21.3. The van der Waals surface area contributed by atoms with Gasteiger partial charge < -0.3 is 24.6 Å². The van der Waals surface area contributed by atoms with Gasteiger partial charge in [0.1, 0.15) is 12.7 Å². The van der Waals surface area contributed by atoms with Crippen LogP contribution in [0.1, 0.15) is 174 Å². The number of carbonyl (C=O) groups excluding carboxylic acids is 2. The van der Waals surface area contributed by atoms with Crippen LogP contribution in [-0.4, -0.2) is 65.7 Å². The zero-order valence-corrected chi connectivity index (χ0v) is 32.5. The lowest BCUT2D eigenvalue weighted by Gasteiger charge is -2.20. The fraction of sp³-hybridized carbons (Fsp3) is 0.846. The molecule has 0 aromatic heterocycles. The molecule has 0 radical (unpaired) electrons. The lowest BCUT2D eigenvalue weighted by Crippen LogP contribution is -2.29. The largest absolute Gasteiger partial charge is 0.472 e. The van der Waals surface area contributed by atoms with Crippen molar-refractivity contribution in [3.63, 3.8) is 0 Å². The first-order chi connectivity index (χ1) is 24.2. The molecular formula is C39H73O10P. The van der Waals surface area contributed by atoms with Crippen LogP contribution in [-0.2, 0) is 32.7 Å². The maximum Gasteiger partial charge on any atom is 0.472 e. The summed E-state index contributed by atoms with van der Waals surface area (Å²) in [6, 6.07) is 0. The van der Waals surface area contributed by atoms with E-state index in [-0.39, 0.29) is 19.4 Å². The average Bonchev–Trinajstić information content (AvgIpc) is 3.10. The van der Waals surface area contributed by atoms with E-state index >= 15 is 0 Å². The Morgan fingerprint density at radius 3 is 1.58 bits per heavy atom. The molecule has 50 heavy (non-hydrogen) atoms.